The molecule has 0 bridgehead atoms. The molecule has 162 valence electrons. The predicted octanol–water partition coefficient (Wildman–Crippen LogP) is 4.63. The lowest BCUT2D eigenvalue weighted by atomic mass is 9.81. The van der Waals surface area contributed by atoms with Gasteiger partial charge < -0.3 is 19.9 Å². The number of rotatable bonds is 9. The quantitative estimate of drug-likeness (QED) is 0.566. The number of carbonyl (C=O) groups excluding carboxylic acids is 1. The van der Waals surface area contributed by atoms with Gasteiger partial charge in [0.15, 0.2) is 6.61 Å². The molecular formula is C24H30ClNO4. The zero-order chi connectivity index (χ0) is 21.3. The molecular weight excluding hydrogens is 402 g/mol. The Bertz CT molecular complexity index is 828. The number of benzene rings is 2. The van der Waals surface area contributed by atoms with Crippen LogP contribution in [0.2, 0.25) is 5.02 Å². The monoisotopic (exact) mass is 431 g/mol. The lowest BCUT2D eigenvalue weighted by molar-refractivity contribution is -0.145. The summed E-state index contributed by atoms with van der Waals surface area (Å²) in [6.45, 7) is 2.55. The van der Waals surface area contributed by atoms with Crippen molar-refractivity contribution in [2.75, 3.05) is 19.8 Å². The SMILES string of the molecule is CCOC(=O)COc1cccc(C2CCCC(NCC(O)c3cccc(Cl)c3)C2)c1. The molecule has 0 heterocycles. The summed E-state index contributed by atoms with van der Waals surface area (Å²) in [7, 11) is 0. The summed E-state index contributed by atoms with van der Waals surface area (Å²) < 4.78 is 10.5. The van der Waals surface area contributed by atoms with Crippen molar-refractivity contribution in [1.82, 2.24) is 5.32 Å². The number of nitrogens with one attached hydrogen (secondary N) is 1. The maximum Gasteiger partial charge on any atom is 0.344 e. The van der Waals surface area contributed by atoms with Crippen LogP contribution in [-0.4, -0.2) is 36.9 Å². The second kappa shape index (κ2) is 11.3. The Labute approximate surface area is 183 Å². The van der Waals surface area contributed by atoms with Crippen LogP contribution in [-0.2, 0) is 9.53 Å². The predicted molar refractivity (Wildman–Crippen MR) is 118 cm³/mol. The van der Waals surface area contributed by atoms with E-state index >= 15 is 0 Å². The lowest BCUT2D eigenvalue weighted by Gasteiger charge is -2.31. The molecule has 3 rings (SSSR count). The van der Waals surface area contributed by atoms with E-state index in [9.17, 15) is 9.90 Å². The van der Waals surface area contributed by atoms with Crippen LogP contribution >= 0.6 is 11.6 Å². The molecule has 3 atom stereocenters. The van der Waals surface area contributed by atoms with E-state index in [4.69, 9.17) is 21.1 Å². The smallest absolute Gasteiger partial charge is 0.344 e. The Hall–Kier alpha value is -2.08. The summed E-state index contributed by atoms with van der Waals surface area (Å²) in [6, 6.07) is 15.7. The van der Waals surface area contributed by atoms with Gasteiger partial charge in [-0.1, -0.05) is 42.3 Å². The normalized spacial score (nSPS) is 19.8. The van der Waals surface area contributed by atoms with Crippen molar-refractivity contribution in [2.45, 2.75) is 50.7 Å². The molecule has 2 aromatic carbocycles. The highest BCUT2D eigenvalue weighted by atomic mass is 35.5. The molecule has 2 N–H and O–H groups in total. The van der Waals surface area contributed by atoms with E-state index in [1.165, 1.54) is 5.56 Å². The molecule has 0 spiro atoms. The van der Waals surface area contributed by atoms with Crippen LogP contribution in [0.25, 0.3) is 0 Å². The first-order valence-corrected chi connectivity index (χ1v) is 11.0. The fraction of sp³-hybridized carbons (Fsp3) is 0.458. The standard InChI is InChI=1S/C24H30ClNO4/c1-2-29-24(28)16-30-22-11-5-7-18(14-22)17-6-4-10-21(13-17)26-15-23(27)19-8-3-9-20(25)12-19/h3,5,7-9,11-12,14,17,21,23,26-27H,2,4,6,10,13,15-16H2,1H3. The number of hydrogen-bond acceptors (Lipinski definition) is 5. The molecule has 1 aliphatic rings. The molecule has 0 aromatic heterocycles. The number of aliphatic hydroxyl groups is 1. The first kappa shape index (κ1) is 22.6. The van der Waals surface area contributed by atoms with Gasteiger partial charge in [0.1, 0.15) is 5.75 Å². The van der Waals surface area contributed by atoms with Crippen molar-refractivity contribution in [3.63, 3.8) is 0 Å². The second-order valence-electron chi connectivity index (χ2n) is 7.71. The summed E-state index contributed by atoms with van der Waals surface area (Å²) in [4.78, 5) is 11.5. The van der Waals surface area contributed by atoms with Crippen molar-refractivity contribution in [3.8, 4) is 5.75 Å². The molecule has 3 unspecified atom stereocenters. The molecule has 1 saturated carbocycles. The average Bonchev–Trinajstić information content (AvgIpc) is 2.77. The van der Waals surface area contributed by atoms with Crippen LogP contribution in [0.3, 0.4) is 0 Å². The van der Waals surface area contributed by atoms with Gasteiger partial charge in [-0.3, -0.25) is 0 Å². The van der Waals surface area contributed by atoms with E-state index in [0.717, 1.165) is 31.2 Å². The first-order valence-electron chi connectivity index (χ1n) is 10.6. The van der Waals surface area contributed by atoms with Crippen LogP contribution in [0, 0.1) is 0 Å². The van der Waals surface area contributed by atoms with Gasteiger partial charge in [0, 0.05) is 17.6 Å². The maximum absolute atomic E-state index is 11.5. The van der Waals surface area contributed by atoms with E-state index in [1.807, 2.05) is 36.4 Å². The highest BCUT2D eigenvalue weighted by molar-refractivity contribution is 6.30. The van der Waals surface area contributed by atoms with Gasteiger partial charge in [-0.25, -0.2) is 4.79 Å². The van der Waals surface area contributed by atoms with Gasteiger partial charge in [-0.2, -0.15) is 0 Å². The Balaban J connectivity index is 1.53. The molecule has 30 heavy (non-hydrogen) atoms. The van der Waals surface area contributed by atoms with Crippen LogP contribution < -0.4 is 10.1 Å². The summed E-state index contributed by atoms with van der Waals surface area (Å²) in [5.74, 6) is 0.751. The van der Waals surface area contributed by atoms with E-state index < -0.39 is 6.10 Å². The number of esters is 1. The van der Waals surface area contributed by atoms with E-state index in [-0.39, 0.29) is 12.6 Å². The van der Waals surface area contributed by atoms with Gasteiger partial charge in [-0.15, -0.1) is 0 Å². The first-order chi connectivity index (χ1) is 14.5. The van der Waals surface area contributed by atoms with Crippen molar-refractivity contribution in [1.29, 1.82) is 0 Å². The van der Waals surface area contributed by atoms with E-state index in [0.29, 0.717) is 35.9 Å². The van der Waals surface area contributed by atoms with Crippen molar-refractivity contribution < 1.29 is 19.4 Å². The molecule has 0 radical (unpaired) electrons. The van der Waals surface area contributed by atoms with Crippen LogP contribution in [0.15, 0.2) is 48.5 Å². The van der Waals surface area contributed by atoms with Crippen molar-refractivity contribution in [3.05, 3.63) is 64.7 Å². The molecule has 1 aliphatic carbocycles. The van der Waals surface area contributed by atoms with Crippen molar-refractivity contribution in [2.24, 2.45) is 0 Å². The molecule has 0 aliphatic heterocycles. The summed E-state index contributed by atoms with van der Waals surface area (Å²) in [6.07, 6.45) is 3.77. The number of ether oxygens (including phenoxy) is 2. The third kappa shape index (κ3) is 6.73. The molecule has 0 saturated heterocycles. The molecule has 5 nitrogen and oxygen atoms in total. The minimum absolute atomic E-state index is 0.0759. The third-order valence-corrected chi connectivity index (χ3v) is 5.73. The zero-order valence-electron chi connectivity index (χ0n) is 17.4. The summed E-state index contributed by atoms with van der Waals surface area (Å²) in [5.41, 5.74) is 2.05. The van der Waals surface area contributed by atoms with Crippen LogP contribution in [0.4, 0.5) is 0 Å². The van der Waals surface area contributed by atoms with Crippen molar-refractivity contribution >= 4 is 17.6 Å². The van der Waals surface area contributed by atoms with Crippen LogP contribution in [0.1, 0.15) is 55.8 Å². The zero-order valence-corrected chi connectivity index (χ0v) is 18.1. The van der Waals surface area contributed by atoms with E-state index in [2.05, 4.69) is 11.4 Å². The molecule has 1 fully saturated rings. The number of carbonyl (C=O) groups is 1. The molecule has 0 amide bonds. The van der Waals surface area contributed by atoms with Gasteiger partial charge in [-0.05, 0) is 67.5 Å². The van der Waals surface area contributed by atoms with Gasteiger partial charge in [0.25, 0.3) is 0 Å². The number of halogens is 1. The van der Waals surface area contributed by atoms with Gasteiger partial charge in [0.05, 0.1) is 12.7 Å². The maximum atomic E-state index is 11.5. The fourth-order valence-electron chi connectivity index (χ4n) is 3.99. The van der Waals surface area contributed by atoms with Gasteiger partial charge in [0.2, 0.25) is 0 Å². The lowest BCUT2D eigenvalue weighted by Crippen LogP contribution is -2.36. The van der Waals surface area contributed by atoms with E-state index in [1.54, 1.807) is 13.0 Å². The molecule has 6 heteroatoms. The minimum atomic E-state index is -0.580. The summed E-state index contributed by atoms with van der Waals surface area (Å²) >= 11 is 6.03. The Morgan fingerprint density at radius 3 is 2.87 bits per heavy atom. The minimum Gasteiger partial charge on any atom is -0.482 e. The number of aliphatic hydroxyl groups excluding tert-OH is 1. The highest BCUT2D eigenvalue weighted by Crippen LogP contribution is 2.34. The summed E-state index contributed by atoms with van der Waals surface area (Å²) in [5, 5.41) is 14.6. The Kier molecular flexibility index (Phi) is 8.55. The second-order valence-corrected chi connectivity index (χ2v) is 8.14. The topological polar surface area (TPSA) is 67.8 Å². The Morgan fingerprint density at radius 1 is 1.23 bits per heavy atom. The fourth-order valence-corrected chi connectivity index (χ4v) is 4.19. The highest BCUT2D eigenvalue weighted by Gasteiger charge is 2.24. The average molecular weight is 432 g/mol. The number of hydrogen-bond donors (Lipinski definition) is 2. The third-order valence-electron chi connectivity index (χ3n) is 5.50. The largest absolute Gasteiger partial charge is 0.482 e. The molecule has 2 aromatic rings. The van der Waals surface area contributed by atoms with Crippen LogP contribution in [0.5, 0.6) is 5.75 Å². The Morgan fingerprint density at radius 2 is 2.07 bits per heavy atom. The van der Waals surface area contributed by atoms with Gasteiger partial charge >= 0.3 is 5.97 Å².